The first-order chi connectivity index (χ1) is 11.8. The normalized spacial score (nSPS) is 11.5. The van der Waals surface area contributed by atoms with Crippen LogP contribution in [0.15, 0.2) is 58.9 Å². The summed E-state index contributed by atoms with van der Waals surface area (Å²) >= 11 is 1.63. The third kappa shape index (κ3) is 3.21. The van der Waals surface area contributed by atoms with E-state index in [1.807, 2.05) is 24.3 Å². The van der Waals surface area contributed by atoms with E-state index in [-0.39, 0.29) is 0 Å². The van der Waals surface area contributed by atoms with E-state index in [0.717, 1.165) is 22.8 Å². The summed E-state index contributed by atoms with van der Waals surface area (Å²) in [5.41, 5.74) is 3.16. The summed E-state index contributed by atoms with van der Waals surface area (Å²) in [6.07, 6.45) is 0. The van der Waals surface area contributed by atoms with Crippen molar-refractivity contribution in [1.82, 2.24) is 4.57 Å². The molecule has 24 heavy (non-hydrogen) atoms. The maximum Gasteiger partial charge on any atom is 0.190 e. The molecule has 0 radical (unpaired) electrons. The Bertz CT molecular complexity index is 882. The molecule has 0 N–H and O–H groups in total. The molecule has 0 atom stereocenters. The number of rotatable bonds is 5. The van der Waals surface area contributed by atoms with Crippen LogP contribution in [0.1, 0.15) is 6.92 Å². The first kappa shape index (κ1) is 16.3. The van der Waals surface area contributed by atoms with Crippen molar-refractivity contribution in [2.75, 3.05) is 14.2 Å². The van der Waals surface area contributed by atoms with Crippen LogP contribution >= 0.6 is 11.3 Å². The second-order valence-corrected chi connectivity index (χ2v) is 6.00. The van der Waals surface area contributed by atoms with Crippen LogP contribution in [0.3, 0.4) is 0 Å². The fourth-order valence-electron chi connectivity index (χ4n) is 2.54. The molecule has 0 bridgehead atoms. The molecule has 2 aromatic carbocycles. The molecule has 0 aliphatic rings. The Morgan fingerprint density at radius 1 is 1.04 bits per heavy atom. The molecule has 0 aliphatic heterocycles. The van der Waals surface area contributed by atoms with Crippen molar-refractivity contribution in [3.05, 3.63) is 58.7 Å². The molecule has 3 rings (SSSR count). The summed E-state index contributed by atoms with van der Waals surface area (Å²) in [4.78, 5) is 5.75. The van der Waals surface area contributed by atoms with Gasteiger partial charge in [0, 0.05) is 18.0 Å². The lowest BCUT2D eigenvalue weighted by Gasteiger charge is -2.08. The lowest BCUT2D eigenvalue weighted by atomic mass is 10.2. The monoisotopic (exact) mass is 340 g/mol. The highest BCUT2D eigenvalue weighted by molar-refractivity contribution is 7.07. The molecule has 0 saturated carbocycles. The summed E-state index contributed by atoms with van der Waals surface area (Å²) in [5, 5.41) is 2.15. The minimum absolute atomic E-state index is 0.701. The zero-order valence-corrected chi connectivity index (χ0v) is 14.8. The summed E-state index contributed by atoms with van der Waals surface area (Å²) in [5.74, 6) is 1.46. The highest BCUT2D eigenvalue weighted by Gasteiger charge is 2.08. The molecule has 0 aliphatic carbocycles. The number of hydrogen-bond donors (Lipinski definition) is 0. The van der Waals surface area contributed by atoms with Crippen molar-refractivity contribution in [2.24, 2.45) is 4.99 Å². The van der Waals surface area contributed by atoms with Crippen LogP contribution in [0.5, 0.6) is 11.5 Å². The number of ether oxygens (including phenoxy) is 2. The molecular formula is C19H20N2O2S. The highest BCUT2D eigenvalue weighted by atomic mass is 32.1. The van der Waals surface area contributed by atoms with Crippen molar-refractivity contribution >= 4 is 17.0 Å². The Kier molecular flexibility index (Phi) is 5.01. The molecule has 124 valence electrons. The van der Waals surface area contributed by atoms with Crippen molar-refractivity contribution < 1.29 is 9.47 Å². The summed E-state index contributed by atoms with van der Waals surface area (Å²) < 4.78 is 12.9. The van der Waals surface area contributed by atoms with Gasteiger partial charge in [-0.2, -0.15) is 0 Å². The van der Waals surface area contributed by atoms with Gasteiger partial charge in [0.15, 0.2) is 4.80 Å². The van der Waals surface area contributed by atoms with Crippen LogP contribution in [0, 0.1) is 0 Å². The van der Waals surface area contributed by atoms with E-state index in [1.165, 1.54) is 11.3 Å². The number of methoxy groups -OCH3 is 2. The molecule has 0 spiro atoms. The minimum Gasteiger partial charge on any atom is -0.497 e. The smallest absolute Gasteiger partial charge is 0.190 e. The van der Waals surface area contributed by atoms with Crippen LogP contribution in [0.25, 0.3) is 11.3 Å². The largest absolute Gasteiger partial charge is 0.497 e. The average Bonchev–Trinajstić information content (AvgIpc) is 3.05. The third-order valence-electron chi connectivity index (χ3n) is 3.79. The Morgan fingerprint density at radius 2 is 1.83 bits per heavy atom. The SMILES string of the molecule is CCn1c(-c2ccccc2)csc1=Nc1ccc(OC)cc1OC. The van der Waals surface area contributed by atoms with Crippen LogP contribution in [0.4, 0.5) is 5.69 Å². The maximum atomic E-state index is 5.45. The summed E-state index contributed by atoms with van der Waals surface area (Å²) in [6.45, 7) is 2.98. The zero-order valence-electron chi connectivity index (χ0n) is 14.0. The zero-order chi connectivity index (χ0) is 16.9. The quantitative estimate of drug-likeness (QED) is 0.686. The lowest BCUT2D eigenvalue weighted by molar-refractivity contribution is 0.395. The van der Waals surface area contributed by atoms with Gasteiger partial charge in [-0.1, -0.05) is 30.3 Å². The van der Waals surface area contributed by atoms with E-state index in [2.05, 4.69) is 41.1 Å². The molecule has 0 saturated heterocycles. The number of hydrogen-bond acceptors (Lipinski definition) is 4. The Morgan fingerprint density at radius 3 is 2.50 bits per heavy atom. The van der Waals surface area contributed by atoms with E-state index < -0.39 is 0 Å². The van der Waals surface area contributed by atoms with E-state index >= 15 is 0 Å². The second kappa shape index (κ2) is 7.36. The fourth-order valence-corrected chi connectivity index (χ4v) is 3.53. The number of benzene rings is 2. The number of thiazole rings is 1. The lowest BCUT2D eigenvalue weighted by Crippen LogP contribution is -2.14. The van der Waals surface area contributed by atoms with Crippen LogP contribution in [-0.2, 0) is 6.54 Å². The van der Waals surface area contributed by atoms with E-state index in [1.54, 1.807) is 25.6 Å². The maximum absolute atomic E-state index is 5.45. The Balaban J connectivity index is 2.10. The predicted octanol–water partition coefficient (Wildman–Crippen LogP) is 4.49. The summed E-state index contributed by atoms with van der Waals surface area (Å²) in [6, 6.07) is 16.0. The molecule has 5 heteroatoms. The molecule has 4 nitrogen and oxygen atoms in total. The van der Waals surface area contributed by atoms with Gasteiger partial charge in [0.2, 0.25) is 0 Å². The van der Waals surface area contributed by atoms with Gasteiger partial charge in [0.05, 0.1) is 19.9 Å². The molecule has 3 aromatic rings. The van der Waals surface area contributed by atoms with Crippen molar-refractivity contribution in [3.63, 3.8) is 0 Å². The first-order valence-electron chi connectivity index (χ1n) is 7.77. The van der Waals surface area contributed by atoms with Crippen LogP contribution in [-0.4, -0.2) is 18.8 Å². The predicted molar refractivity (Wildman–Crippen MR) is 98.2 cm³/mol. The van der Waals surface area contributed by atoms with Crippen molar-refractivity contribution in [1.29, 1.82) is 0 Å². The average molecular weight is 340 g/mol. The standard InChI is InChI=1S/C19H20N2O2S/c1-4-21-17(14-8-6-5-7-9-14)13-24-19(21)20-16-11-10-15(22-2)12-18(16)23-3/h5-13H,4H2,1-3H3. The molecular weight excluding hydrogens is 320 g/mol. The Labute approximate surface area is 145 Å². The second-order valence-electron chi connectivity index (χ2n) is 5.16. The van der Waals surface area contributed by atoms with Gasteiger partial charge in [-0.05, 0) is 24.6 Å². The fraction of sp³-hybridized carbons (Fsp3) is 0.211. The van der Waals surface area contributed by atoms with Gasteiger partial charge >= 0.3 is 0 Å². The van der Waals surface area contributed by atoms with Crippen LogP contribution < -0.4 is 14.3 Å². The molecule has 1 aromatic heterocycles. The van der Waals surface area contributed by atoms with Gasteiger partial charge in [0.1, 0.15) is 17.2 Å². The van der Waals surface area contributed by atoms with E-state index in [9.17, 15) is 0 Å². The van der Waals surface area contributed by atoms with Gasteiger partial charge in [0.25, 0.3) is 0 Å². The first-order valence-corrected chi connectivity index (χ1v) is 8.65. The topological polar surface area (TPSA) is 35.8 Å². The van der Waals surface area contributed by atoms with E-state index in [4.69, 9.17) is 14.5 Å². The highest BCUT2D eigenvalue weighted by Crippen LogP contribution is 2.31. The van der Waals surface area contributed by atoms with Crippen molar-refractivity contribution in [3.8, 4) is 22.8 Å². The summed E-state index contributed by atoms with van der Waals surface area (Å²) in [7, 11) is 3.29. The molecule has 0 amide bonds. The number of aromatic nitrogens is 1. The van der Waals surface area contributed by atoms with E-state index in [0.29, 0.717) is 5.75 Å². The molecule has 1 heterocycles. The Hall–Kier alpha value is -2.53. The molecule has 0 unspecified atom stereocenters. The van der Waals surface area contributed by atoms with Gasteiger partial charge in [-0.15, -0.1) is 11.3 Å². The van der Waals surface area contributed by atoms with Gasteiger partial charge in [-0.25, -0.2) is 4.99 Å². The molecule has 0 fully saturated rings. The third-order valence-corrected chi connectivity index (χ3v) is 4.65. The van der Waals surface area contributed by atoms with Crippen molar-refractivity contribution in [2.45, 2.75) is 13.5 Å². The minimum atomic E-state index is 0.701. The van der Waals surface area contributed by atoms with Gasteiger partial charge in [-0.3, -0.25) is 0 Å². The van der Waals surface area contributed by atoms with Crippen LogP contribution in [0.2, 0.25) is 0 Å². The van der Waals surface area contributed by atoms with Gasteiger partial charge < -0.3 is 14.0 Å². The number of nitrogens with zero attached hydrogens (tertiary/aromatic N) is 2.